The molecule has 0 saturated heterocycles. The molecule has 0 heterocycles. The molecule has 9 heteroatoms. The van der Waals surface area contributed by atoms with Crippen LogP contribution in [0.1, 0.15) is 12.8 Å². The quantitative estimate of drug-likeness (QED) is 0.402. The van der Waals surface area contributed by atoms with Crippen LogP contribution in [0, 0.1) is 0 Å². The van der Waals surface area contributed by atoms with Gasteiger partial charge in [-0.15, -0.1) is 0 Å². The molecule has 0 aromatic rings. The van der Waals surface area contributed by atoms with Crippen LogP contribution in [0.15, 0.2) is 0 Å². The van der Waals surface area contributed by atoms with E-state index in [1.807, 2.05) is 0 Å². The third-order valence-electron chi connectivity index (χ3n) is 1.26. The van der Waals surface area contributed by atoms with Crippen molar-refractivity contribution in [3.8, 4) is 0 Å². The van der Waals surface area contributed by atoms with Gasteiger partial charge >= 0.3 is 23.3 Å². The molecule has 0 aliphatic heterocycles. The topological polar surface area (TPSA) is 173 Å². The first-order valence-electron chi connectivity index (χ1n) is 3.13. The zero-order valence-corrected chi connectivity index (χ0v) is 8.79. The van der Waals surface area contributed by atoms with Gasteiger partial charge in [-0.25, -0.2) is 0 Å². The van der Waals surface area contributed by atoms with E-state index in [-0.39, 0.29) is 23.5 Å². The van der Waals surface area contributed by atoms with E-state index in [2.05, 4.69) is 0 Å². The molecular formula is C6H9AlNO7. The maximum absolute atomic E-state index is 10.2. The Labute approximate surface area is 95.2 Å². The van der Waals surface area contributed by atoms with Crippen LogP contribution in [-0.4, -0.2) is 51.1 Å². The summed E-state index contributed by atoms with van der Waals surface area (Å²) >= 11 is 0. The van der Waals surface area contributed by atoms with E-state index in [0.717, 1.165) is 0 Å². The summed E-state index contributed by atoms with van der Waals surface area (Å²) in [5, 5.41) is 37.2. The van der Waals surface area contributed by atoms with Crippen LogP contribution in [-0.2, 0) is 14.4 Å². The largest absolute Gasteiger partial charge is 2.00 e. The van der Waals surface area contributed by atoms with Crippen molar-refractivity contribution < 1.29 is 34.8 Å². The minimum Gasteiger partial charge on any atom is -0.550 e. The van der Waals surface area contributed by atoms with Crippen LogP contribution in [0.25, 0.3) is 0 Å². The fourth-order valence-electron chi connectivity index (χ4n) is 0.696. The summed E-state index contributed by atoms with van der Waals surface area (Å²) in [6.45, 7) is 0. The van der Waals surface area contributed by atoms with Gasteiger partial charge in [0.1, 0.15) is 5.60 Å². The summed E-state index contributed by atoms with van der Waals surface area (Å²) in [5.41, 5.74) is -2.91. The monoisotopic (exact) mass is 234 g/mol. The number of carbonyl (C=O) groups is 3. The van der Waals surface area contributed by atoms with Crippen molar-refractivity contribution in [2.75, 3.05) is 0 Å². The number of aliphatic hydroxyl groups is 1. The third-order valence-corrected chi connectivity index (χ3v) is 1.26. The van der Waals surface area contributed by atoms with Gasteiger partial charge in [0.05, 0.1) is 12.4 Å². The van der Waals surface area contributed by atoms with E-state index in [0.29, 0.717) is 0 Å². The first kappa shape index (κ1) is 19.4. The molecule has 0 aromatic heterocycles. The second-order valence-corrected chi connectivity index (χ2v) is 2.44. The molecule has 0 aliphatic carbocycles. The molecule has 0 aromatic carbocycles. The molecule has 15 heavy (non-hydrogen) atoms. The van der Waals surface area contributed by atoms with Gasteiger partial charge in [-0.2, -0.15) is 0 Å². The Morgan fingerprint density at radius 3 is 1.73 bits per heavy atom. The zero-order chi connectivity index (χ0) is 10.6. The number of hydrogen-bond acceptors (Lipinski definition) is 7. The standard InChI is InChI=1S/C6H8O7.Al.H3N/c7-3(8)1-6(13,5(11)12)2-4(9)10;;/h13H,1-2H2,(H,7,8)(H,9,10)(H,11,12);;1H3/q;+2;/p-2. The van der Waals surface area contributed by atoms with Gasteiger partial charge in [0.15, 0.2) is 0 Å². The van der Waals surface area contributed by atoms with Crippen LogP contribution in [0.4, 0.5) is 0 Å². The number of rotatable bonds is 5. The van der Waals surface area contributed by atoms with Crippen molar-refractivity contribution in [3.63, 3.8) is 0 Å². The fourth-order valence-corrected chi connectivity index (χ4v) is 0.696. The number of hydrogen-bond donors (Lipinski definition) is 3. The number of carboxylic acid groups (broad SMARTS) is 3. The molecule has 1 radical (unpaired) electrons. The van der Waals surface area contributed by atoms with Gasteiger partial charge in [0.2, 0.25) is 0 Å². The second-order valence-electron chi connectivity index (χ2n) is 2.44. The molecule has 0 spiro atoms. The van der Waals surface area contributed by atoms with Crippen LogP contribution in [0.3, 0.4) is 0 Å². The van der Waals surface area contributed by atoms with Gasteiger partial charge < -0.3 is 36.2 Å². The van der Waals surface area contributed by atoms with Gasteiger partial charge in [-0.1, -0.05) is 0 Å². The van der Waals surface area contributed by atoms with E-state index in [1.54, 1.807) is 0 Å². The molecule has 0 saturated carbocycles. The van der Waals surface area contributed by atoms with Crippen LogP contribution in [0.5, 0.6) is 0 Å². The molecule has 0 bridgehead atoms. The molecule has 1 unspecified atom stereocenters. The minimum atomic E-state index is -2.91. The van der Waals surface area contributed by atoms with E-state index >= 15 is 0 Å². The maximum atomic E-state index is 10.2. The molecule has 1 atom stereocenters. The Morgan fingerprint density at radius 1 is 1.13 bits per heavy atom. The SMILES string of the molecule is N.O=C([O-])CC(O)(CC(=O)O)C(=O)[O-].[Al+2]. The van der Waals surface area contributed by atoms with Crippen molar-refractivity contribution in [3.05, 3.63) is 0 Å². The summed E-state index contributed by atoms with van der Waals surface area (Å²) in [7, 11) is 0. The van der Waals surface area contributed by atoms with E-state index in [9.17, 15) is 24.6 Å². The van der Waals surface area contributed by atoms with E-state index < -0.39 is 36.4 Å². The van der Waals surface area contributed by atoms with Gasteiger partial charge in [-0.3, -0.25) is 4.79 Å². The third kappa shape index (κ3) is 6.87. The van der Waals surface area contributed by atoms with Crippen molar-refractivity contribution in [1.82, 2.24) is 6.15 Å². The maximum Gasteiger partial charge on any atom is 2.00 e. The summed E-state index contributed by atoms with van der Waals surface area (Å²) in [6, 6.07) is 0. The Hall–Kier alpha value is -1.14. The van der Waals surface area contributed by atoms with Gasteiger partial charge in [0.25, 0.3) is 0 Å². The van der Waals surface area contributed by atoms with E-state index in [1.165, 1.54) is 0 Å². The fraction of sp³-hybridized carbons (Fsp3) is 0.500. The average Bonchev–Trinajstić information content (AvgIpc) is 1.82. The number of aliphatic carboxylic acids is 3. The first-order chi connectivity index (χ1) is 5.78. The summed E-state index contributed by atoms with van der Waals surface area (Å²) in [6.07, 6.45) is -2.56. The van der Waals surface area contributed by atoms with Gasteiger partial charge in [-0.05, 0) is 0 Å². The predicted octanol–water partition coefficient (Wildman–Crippen LogP) is -4.14. The summed E-state index contributed by atoms with van der Waals surface area (Å²) < 4.78 is 0. The number of carboxylic acids is 3. The Morgan fingerprint density at radius 2 is 1.53 bits per heavy atom. The Kier molecular flexibility index (Phi) is 9.32. The Balaban J connectivity index is -0.000000720. The molecule has 0 fully saturated rings. The van der Waals surface area contributed by atoms with Crippen LogP contribution >= 0.6 is 0 Å². The minimum absolute atomic E-state index is 0. The predicted molar refractivity (Wildman–Crippen MR) is 42.6 cm³/mol. The molecule has 83 valence electrons. The molecule has 0 aliphatic rings. The molecule has 8 nitrogen and oxygen atoms in total. The van der Waals surface area contributed by atoms with Gasteiger partial charge in [0, 0.05) is 12.4 Å². The number of carbonyl (C=O) groups excluding carboxylic acids is 2. The van der Waals surface area contributed by atoms with Crippen molar-refractivity contribution in [1.29, 1.82) is 0 Å². The average molecular weight is 234 g/mol. The molecule has 0 amide bonds. The van der Waals surface area contributed by atoms with E-state index in [4.69, 9.17) is 10.2 Å². The van der Waals surface area contributed by atoms with Crippen LogP contribution < -0.4 is 16.4 Å². The summed E-state index contributed by atoms with van der Waals surface area (Å²) in [5.74, 6) is -5.67. The second kappa shape index (κ2) is 7.19. The summed E-state index contributed by atoms with van der Waals surface area (Å²) in [4.78, 5) is 30.2. The molecular weight excluding hydrogens is 225 g/mol. The normalized spacial score (nSPS) is 12.6. The molecule has 5 N–H and O–H groups in total. The van der Waals surface area contributed by atoms with Crippen molar-refractivity contribution in [2.24, 2.45) is 0 Å². The zero-order valence-electron chi connectivity index (χ0n) is 7.63. The van der Waals surface area contributed by atoms with Crippen molar-refractivity contribution >= 4 is 35.3 Å². The molecule has 0 rings (SSSR count). The Bertz CT molecular complexity index is 238. The smallest absolute Gasteiger partial charge is 0.550 e. The first-order valence-corrected chi connectivity index (χ1v) is 3.13. The van der Waals surface area contributed by atoms with Crippen LogP contribution in [0.2, 0.25) is 0 Å². The van der Waals surface area contributed by atoms with Crippen molar-refractivity contribution in [2.45, 2.75) is 18.4 Å².